The Kier molecular flexibility index (Phi) is 15.9. The van der Waals surface area contributed by atoms with Crippen LogP contribution in [0.5, 0.6) is 0 Å². The molecule has 8 aromatic carbocycles. The second-order valence-corrected chi connectivity index (χ2v) is 19.2. The number of benzene rings is 8. The van der Waals surface area contributed by atoms with Crippen molar-refractivity contribution in [2.24, 2.45) is 0 Å². The first-order chi connectivity index (χ1) is 38.2. The molecule has 0 spiro atoms. The zero-order chi connectivity index (χ0) is 53.5. The maximum Gasteiger partial charge on any atom is 0.174 e. The van der Waals surface area contributed by atoms with E-state index in [1.54, 1.807) is 0 Å². The van der Waals surface area contributed by atoms with E-state index in [0.717, 1.165) is 88.1 Å². The molecule has 0 aliphatic carbocycles. The molecule has 0 aliphatic heterocycles. The van der Waals surface area contributed by atoms with Crippen molar-refractivity contribution in [1.82, 2.24) is 19.9 Å². The average Bonchev–Trinajstić information content (AvgIpc) is 3.58. The summed E-state index contributed by atoms with van der Waals surface area (Å²) in [6, 6.07) is 79.9. The second-order valence-electron chi connectivity index (χ2n) is 19.2. The van der Waals surface area contributed by atoms with Gasteiger partial charge in [-0.1, -0.05) is 218 Å². The van der Waals surface area contributed by atoms with E-state index in [1.807, 2.05) is 218 Å². The minimum atomic E-state index is -0.839. The van der Waals surface area contributed by atoms with Crippen molar-refractivity contribution in [3.8, 4) is 45.0 Å². The molecule has 0 bridgehead atoms. The summed E-state index contributed by atoms with van der Waals surface area (Å²) < 4.78 is 0. The van der Waals surface area contributed by atoms with Gasteiger partial charge < -0.3 is 10.2 Å². The summed E-state index contributed by atoms with van der Waals surface area (Å²) in [6.07, 6.45) is 2.56. The minimum Gasteiger partial charge on any atom is -0.512 e. The number of aliphatic hydroxyl groups excluding tert-OH is 2. The summed E-state index contributed by atoms with van der Waals surface area (Å²) in [5.74, 6) is -2.35. The second kappa shape index (κ2) is 23.8. The van der Waals surface area contributed by atoms with Crippen molar-refractivity contribution in [3.05, 3.63) is 289 Å². The van der Waals surface area contributed by atoms with Crippen LogP contribution in [-0.4, -0.2) is 41.7 Å². The minimum absolute atomic E-state index is 0. The van der Waals surface area contributed by atoms with Crippen LogP contribution in [0, 0.1) is 0 Å². The van der Waals surface area contributed by atoms with Crippen LogP contribution in [0.25, 0.3) is 88.1 Å². The van der Waals surface area contributed by atoms with Crippen LogP contribution in [0.15, 0.2) is 266 Å². The van der Waals surface area contributed by atoms with Gasteiger partial charge in [-0.25, -0.2) is 0 Å². The monoisotopic (exact) mass is 1210 g/mol. The van der Waals surface area contributed by atoms with Crippen molar-refractivity contribution < 1.29 is 39.9 Å². The molecule has 4 aromatic heterocycles. The molecule has 0 saturated carbocycles. The van der Waals surface area contributed by atoms with Crippen molar-refractivity contribution in [2.45, 2.75) is 25.7 Å². The number of nitrogens with zero attached hydrogens (tertiary/aromatic N) is 4. The zero-order valence-corrected chi connectivity index (χ0v) is 45.6. The van der Waals surface area contributed by atoms with Gasteiger partial charge in [0.15, 0.2) is 11.6 Å². The van der Waals surface area contributed by atoms with E-state index >= 15 is 0 Å². The van der Waals surface area contributed by atoms with Gasteiger partial charge in [-0.3, -0.25) is 29.5 Å². The Morgan fingerprint density at radius 1 is 0.329 bits per heavy atom. The van der Waals surface area contributed by atoms with Crippen molar-refractivity contribution in [3.63, 3.8) is 0 Å². The van der Waals surface area contributed by atoms with Crippen LogP contribution in [-0.2, 0) is 29.7 Å². The number of aliphatic hydroxyl groups is 2. The number of ketones is 2. The first kappa shape index (κ1) is 52.9. The Bertz CT molecular complexity index is 3720. The van der Waals surface area contributed by atoms with Gasteiger partial charge >= 0.3 is 0 Å². The fraction of sp³-hybridized carbons (Fsp3) is 0.0571. The van der Waals surface area contributed by atoms with Crippen molar-refractivity contribution >= 4 is 54.7 Å². The molecule has 0 unspecified atom stereocenters. The summed E-state index contributed by atoms with van der Waals surface area (Å²) >= 11 is 0. The Morgan fingerprint density at radius 3 is 0.747 bits per heavy atom. The predicted molar refractivity (Wildman–Crippen MR) is 315 cm³/mol. The van der Waals surface area contributed by atoms with Gasteiger partial charge in [-0.15, -0.1) is 0 Å². The number of rotatable bonds is 12. The molecule has 12 rings (SSSR count). The Morgan fingerprint density at radius 2 is 0.532 bits per heavy atom. The summed E-state index contributed by atoms with van der Waals surface area (Å²) in [5.41, 5.74) is 9.36. The standard InChI is InChI=1S/2C35H26N2O2.Ir/c2*1-23(38)20-32(39)33(34-28-18-10-8-16-26(28)21-30(36-34)24-12-4-2-5-13-24)35-29-19-11-9-17-27(29)22-31(37-35)25-14-6-3-7-15-25;/h2*2-22,33,38H,1H3;/b2*23-20-;. The van der Waals surface area contributed by atoms with Crippen LogP contribution >= 0.6 is 0 Å². The quantitative estimate of drug-likeness (QED) is 0.0915. The predicted octanol–water partition coefficient (Wildman–Crippen LogP) is 16.6. The van der Waals surface area contributed by atoms with E-state index < -0.39 is 11.8 Å². The molecule has 2 N–H and O–H groups in total. The zero-order valence-electron chi connectivity index (χ0n) is 43.2. The van der Waals surface area contributed by atoms with Crippen molar-refractivity contribution in [1.29, 1.82) is 0 Å². The maximum absolute atomic E-state index is 14.0. The smallest absolute Gasteiger partial charge is 0.174 e. The van der Waals surface area contributed by atoms with Gasteiger partial charge in [0.25, 0.3) is 0 Å². The van der Waals surface area contributed by atoms with Crippen LogP contribution < -0.4 is 0 Å². The molecule has 385 valence electrons. The number of fused-ring (bicyclic) bond motifs is 4. The number of carbonyl (C=O) groups excluding carboxylic acids is 2. The van der Waals surface area contributed by atoms with Gasteiger partial charge in [0.1, 0.15) is 11.8 Å². The maximum atomic E-state index is 14.0. The Hall–Kier alpha value is -9.53. The van der Waals surface area contributed by atoms with E-state index in [4.69, 9.17) is 19.9 Å². The van der Waals surface area contributed by atoms with Gasteiger partial charge in [0.05, 0.1) is 57.1 Å². The van der Waals surface area contributed by atoms with Gasteiger partial charge in [-0.05, 0) is 59.7 Å². The van der Waals surface area contributed by atoms with Crippen LogP contribution in [0.4, 0.5) is 0 Å². The number of pyridine rings is 4. The summed E-state index contributed by atoms with van der Waals surface area (Å²) in [7, 11) is 0. The van der Waals surface area contributed by atoms with Crippen LogP contribution in [0.2, 0.25) is 0 Å². The first-order valence-electron chi connectivity index (χ1n) is 25.8. The fourth-order valence-electron chi connectivity index (χ4n) is 10.2. The third-order valence-corrected chi connectivity index (χ3v) is 13.7. The van der Waals surface area contributed by atoms with E-state index in [2.05, 4.69) is 24.3 Å². The number of hydrogen-bond acceptors (Lipinski definition) is 8. The third-order valence-electron chi connectivity index (χ3n) is 13.7. The molecule has 0 atom stereocenters. The molecular formula is C70H52IrN4O4. The summed E-state index contributed by atoms with van der Waals surface area (Å²) in [4.78, 5) is 48.5. The summed E-state index contributed by atoms with van der Waals surface area (Å²) in [5, 5.41) is 27.7. The first-order valence-corrected chi connectivity index (χ1v) is 25.8. The molecule has 79 heavy (non-hydrogen) atoms. The van der Waals surface area contributed by atoms with Crippen LogP contribution in [0.1, 0.15) is 48.5 Å². The van der Waals surface area contributed by atoms with E-state index in [-0.39, 0.29) is 43.2 Å². The Balaban J connectivity index is 0.000000176. The molecule has 0 saturated heterocycles. The normalized spacial score (nSPS) is 11.6. The number of hydrogen-bond donors (Lipinski definition) is 2. The number of carbonyl (C=O) groups is 2. The van der Waals surface area contributed by atoms with Gasteiger partial charge in [0, 0.05) is 76.1 Å². The molecule has 0 fully saturated rings. The molecule has 4 heterocycles. The van der Waals surface area contributed by atoms with E-state index in [0.29, 0.717) is 22.8 Å². The van der Waals surface area contributed by atoms with Crippen LogP contribution in [0.3, 0.4) is 0 Å². The largest absolute Gasteiger partial charge is 0.512 e. The SMILES string of the molecule is C/C(O)=C/C(=O)C(c1nc(-c2ccccc2)cc2ccccc12)c1nc(-c2ccccc2)cc2ccccc12.C/C(O)=C/C(=O)C(c1nc(-c2ccccc2)cc2ccccc12)c1nc(-c2ccccc2)cc2ccccc12.[Ir]. The van der Waals surface area contributed by atoms with E-state index in [1.165, 1.54) is 26.0 Å². The molecule has 9 heteroatoms. The molecule has 0 amide bonds. The van der Waals surface area contributed by atoms with Crippen molar-refractivity contribution in [2.75, 3.05) is 0 Å². The fourth-order valence-corrected chi connectivity index (χ4v) is 10.2. The Labute approximate surface area is 471 Å². The summed E-state index contributed by atoms with van der Waals surface area (Å²) in [6.45, 7) is 3.01. The average molecular weight is 1210 g/mol. The van der Waals surface area contributed by atoms with Gasteiger partial charge in [-0.2, -0.15) is 0 Å². The molecular weight excluding hydrogens is 1150 g/mol. The third kappa shape index (κ3) is 11.5. The molecule has 1 radical (unpaired) electrons. The molecule has 8 nitrogen and oxygen atoms in total. The topological polar surface area (TPSA) is 126 Å². The molecule has 0 aliphatic rings. The van der Waals surface area contributed by atoms with E-state index in [9.17, 15) is 19.8 Å². The van der Waals surface area contributed by atoms with Gasteiger partial charge in [0.2, 0.25) is 0 Å². The number of aromatic nitrogens is 4. The number of allylic oxidation sites excluding steroid dienone is 4. The molecule has 12 aromatic rings.